The van der Waals surface area contributed by atoms with Crippen molar-refractivity contribution in [3.63, 3.8) is 0 Å². The van der Waals surface area contributed by atoms with Gasteiger partial charge in [0.05, 0.1) is 15.6 Å². The standard InChI is InChI=1S/C6H2Cl3N3O4S2/c7-3-1-4(11-12-10)6(18(9,15)16)2-5(3)17(8,13)14/h1-2H. The summed E-state index contributed by atoms with van der Waals surface area (Å²) in [6, 6.07) is 1.46. The third-order valence-electron chi connectivity index (χ3n) is 1.69. The van der Waals surface area contributed by atoms with Crippen LogP contribution in [0.25, 0.3) is 10.4 Å². The topological polar surface area (TPSA) is 117 Å². The minimum absolute atomic E-state index is 0.392. The van der Waals surface area contributed by atoms with Gasteiger partial charge in [-0.3, -0.25) is 0 Å². The molecule has 0 spiro atoms. The van der Waals surface area contributed by atoms with Crippen molar-refractivity contribution in [3.8, 4) is 0 Å². The van der Waals surface area contributed by atoms with Gasteiger partial charge in [0.25, 0.3) is 18.1 Å². The van der Waals surface area contributed by atoms with Gasteiger partial charge in [0.15, 0.2) is 0 Å². The van der Waals surface area contributed by atoms with E-state index in [1.54, 1.807) is 0 Å². The summed E-state index contributed by atoms with van der Waals surface area (Å²) in [5, 5.41) is 2.66. The molecule has 0 aliphatic carbocycles. The Kier molecular flexibility index (Phi) is 4.37. The molecule has 12 heteroatoms. The molecule has 0 saturated heterocycles. The predicted molar refractivity (Wildman–Crippen MR) is 66.3 cm³/mol. The fraction of sp³-hybridized carbons (Fsp3) is 0. The monoisotopic (exact) mass is 349 g/mol. The van der Waals surface area contributed by atoms with Crippen LogP contribution in [0.5, 0.6) is 0 Å². The molecule has 0 aliphatic heterocycles. The van der Waals surface area contributed by atoms with E-state index in [1.807, 2.05) is 0 Å². The lowest BCUT2D eigenvalue weighted by molar-refractivity contribution is 0.608. The van der Waals surface area contributed by atoms with Crippen LogP contribution >= 0.6 is 33.0 Å². The molecule has 98 valence electrons. The van der Waals surface area contributed by atoms with Crippen LogP contribution in [0.3, 0.4) is 0 Å². The lowest BCUT2D eigenvalue weighted by Crippen LogP contribution is -1.97. The summed E-state index contributed by atoms with van der Waals surface area (Å²) in [4.78, 5) is 1.02. The van der Waals surface area contributed by atoms with Gasteiger partial charge >= 0.3 is 0 Å². The van der Waals surface area contributed by atoms with E-state index in [2.05, 4.69) is 10.0 Å². The van der Waals surface area contributed by atoms with Crippen LogP contribution in [0.2, 0.25) is 5.02 Å². The Morgan fingerprint density at radius 3 is 1.94 bits per heavy atom. The van der Waals surface area contributed by atoms with Gasteiger partial charge in [-0.15, -0.1) is 0 Å². The lowest BCUT2D eigenvalue weighted by Gasteiger charge is -2.06. The van der Waals surface area contributed by atoms with Crippen molar-refractivity contribution in [2.45, 2.75) is 9.79 Å². The average Bonchev–Trinajstić information content (AvgIpc) is 2.13. The van der Waals surface area contributed by atoms with Crippen LogP contribution in [0.15, 0.2) is 27.0 Å². The van der Waals surface area contributed by atoms with Crippen molar-refractivity contribution in [2.75, 3.05) is 0 Å². The van der Waals surface area contributed by atoms with E-state index in [0.29, 0.717) is 6.07 Å². The fourth-order valence-corrected chi connectivity index (χ4v) is 3.60. The molecule has 0 N–H and O–H groups in total. The Balaban J connectivity index is 3.84. The number of nitrogens with zero attached hydrogens (tertiary/aromatic N) is 3. The van der Waals surface area contributed by atoms with Crippen LogP contribution in [-0.2, 0) is 18.1 Å². The first kappa shape index (κ1) is 15.4. The molecule has 0 bridgehead atoms. The summed E-state index contributed by atoms with van der Waals surface area (Å²) in [6.45, 7) is 0. The molecule has 0 fully saturated rings. The molecular weight excluding hydrogens is 349 g/mol. The molecule has 1 aromatic carbocycles. The van der Waals surface area contributed by atoms with E-state index < -0.39 is 38.6 Å². The molecule has 0 radical (unpaired) electrons. The summed E-state index contributed by atoms with van der Waals surface area (Å²) in [6.07, 6.45) is 0. The normalized spacial score (nSPS) is 11.9. The van der Waals surface area contributed by atoms with E-state index in [-0.39, 0.29) is 0 Å². The van der Waals surface area contributed by atoms with Crippen molar-refractivity contribution >= 4 is 56.8 Å². The van der Waals surface area contributed by atoms with Gasteiger partial charge in [-0.2, -0.15) is 0 Å². The first-order valence-corrected chi connectivity index (χ1v) is 8.85. The molecular formula is C6H2Cl3N3O4S2. The van der Waals surface area contributed by atoms with Gasteiger partial charge in [0.1, 0.15) is 4.90 Å². The van der Waals surface area contributed by atoms with Crippen LogP contribution in [0, 0.1) is 0 Å². The first-order chi connectivity index (χ1) is 8.07. The predicted octanol–water partition coefficient (Wildman–Crippen LogP) is 3.14. The zero-order valence-corrected chi connectivity index (χ0v) is 12.0. The molecule has 1 aromatic rings. The highest BCUT2D eigenvalue weighted by molar-refractivity contribution is 8.14. The van der Waals surface area contributed by atoms with Gasteiger partial charge in [-0.25, -0.2) is 16.8 Å². The second-order valence-electron chi connectivity index (χ2n) is 2.82. The largest absolute Gasteiger partial charge is 0.262 e. The van der Waals surface area contributed by atoms with E-state index in [0.717, 1.165) is 6.07 Å². The van der Waals surface area contributed by atoms with E-state index in [4.69, 9.17) is 38.5 Å². The summed E-state index contributed by atoms with van der Waals surface area (Å²) < 4.78 is 44.7. The van der Waals surface area contributed by atoms with Crippen LogP contribution in [0.1, 0.15) is 0 Å². The SMILES string of the molecule is [N-]=[N+]=Nc1cc(Cl)c(S(=O)(=O)Cl)cc1S(=O)(=O)Cl. The summed E-state index contributed by atoms with van der Waals surface area (Å²) in [7, 11) is 1.55. The lowest BCUT2D eigenvalue weighted by atomic mass is 10.3. The Bertz CT molecular complexity index is 753. The molecule has 0 atom stereocenters. The minimum Gasteiger partial charge on any atom is -0.207 e. The molecule has 0 amide bonds. The van der Waals surface area contributed by atoms with Crippen molar-refractivity contribution in [1.82, 2.24) is 0 Å². The molecule has 0 aliphatic rings. The van der Waals surface area contributed by atoms with Crippen molar-refractivity contribution in [2.24, 2.45) is 5.11 Å². The number of hydrogen-bond acceptors (Lipinski definition) is 5. The smallest absolute Gasteiger partial charge is 0.207 e. The summed E-state index contributed by atoms with van der Waals surface area (Å²) in [5.41, 5.74) is 7.83. The van der Waals surface area contributed by atoms with Gasteiger partial charge in [0.2, 0.25) is 0 Å². The Labute approximate surface area is 116 Å². The Morgan fingerprint density at radius 1 is 1.06 bits per heavy atom. The molecule has 1 rings (SSSR count). The highest BCUT2D eigenvalue weighted by atomic mass is 35.7. The van der Waals surface area contributed by atoms with Crippen molar-refractivity contribution < 1.29 is 16.8 Å². The zero-order valence-electron chi connectivity index (χ0n) is 8.08. The highest BCUT2D eigenvalue weighted by Gasteiger charge is 2.23. The van der Waals surface area contributed by atoms with Gasteiger partial charge in [-0.05, 0) is 17.7 Å². The number of halogens is 3. The van der Waals surface area contributed by atoms with Gasteiger partial charge in [0, 0.05) is 26.3 Å². The van der Waals surface area contributed by atoms with Gasteiger partial charge < -0.3 is 0 Å². The zero-order chi connectivity index (χ0) is 14.1. The maximum Gasteiger partial charge on any atom is 0.262 e. The fourth-order valence-electron chi connectivity index (χ4n) is 1.03. The van der Waals surface area contributed by atoms with E-state index in [9.17, 15) is 16.8 Å². The Morgan fingerprint density at radius 2 is 1.56 bits per heavy atom. The molecule has 0 heterocycles. The number of azide groups is 1. The molecule has 0 aromatic heterocycles. The second-order valence-corrected chi connectivity index (χ2v) is 8.29. The molecule has 18 heavy (non-hydrogen) atoms. The maximum absolute atomic E-state index is 11.2. The molecule has 0 saturated carbocycles. The van der Waals surface area contributed by atoms with Crippen molar-refractivity contribution in [3.05, 3.63) is 27.6 Å². The number of hydrogen-bond donors (Lipinski definition) is 0. The summed E-state index contributed by atoms with van der Waals surface area (Å²) >= 11 is 5.59. The minimum atomic E-state index is -4.33. The van der Waals surface area contributed by atoms with Crippen LogP contribution in [-0.4, -0.2) is 16.8 Å². The van der Waals surface area contributed by atoms with Crippen LogP contribution in [0.4, 0.5) is 5.69 Å². The third-order valence-corrected chi connectivity index (χ3v) is 4.83. The van der Waals surface area contributed by atoms with E-state index >= 15 is 0 Å². The third kappa shape index (κ3) is 3.41. The maximum atomic E-state index is 11.2. The highest BCUT2D eigenvalue weighted by Crippen LogP contribution is 2.36. The quantitative estimate of drug-likeness (QED) is 0.360. The summed E-state index contributed by atoms with van der Waals surface area (Å²) in [5.74, 6) is 0. The van der Waals surface area contributed by atoms with Crippen LogP contribution < -0.4 is 0 Å². The first-order valence-electron chi connectivity index (χ1n) is 3.85. The van der Waals surface area contributed by atoms with E-state index in [1.165, 1.54) is 0 Å². The number of benzene rings is 1. The second kappa shape index (κ2) is 5.12. The average molecular weight is 351 g/mol. The molecule has 0 unspecified atom stereocenters. The molecule has 7 nitrogen and oxygen atoms in total. The number of rotatable bonds is 3. The van der Waals surface area contributed by atoms with Gasteiger partial charge in [-0.1, -0.05) is 16.7 Å². The van der Waals surface area contributed by atoms with Crippen molar-refractivity contribution in [1.29, 1.82) is 0 Å². The Hall–Kier alpha value is -0.700.